The molecule has 1 N–H and O–H groups in total. The first-order valence-electron chi connectivity index (χ1n) is 7.65. The Balaban J connectivity index is 2.13. The van der Waals surface area contributed by atoms with Crippen LogP contribution in [0.15, 0.2) is 17.0 Å². The van der Waals surface area contributed by atoms with Gasteiger partial charge in [0.25, 0.3) is 15.8 Å². The van der Waals surface area contributed by atoms with E-state index in [0.29, 0.717) is 18.9 Å². The average molecular weight is 386 g/mol. The molecule has 1 aromatic rings. The maximum absolute atomic E-state index is 13.9. The number of ether oxygens (including phenoxy) is 1. The van der Waals surface area contributed by atoms with Gasteiger partial charge in [-0.15, -0.1) is 0 Å². The van der Waals surface area contributed by atoms with E-state index < -0.39 is 44.3 Å². The molecule has 1 atom stereocenters. The van der Waals surface area contributed by atoms with Crippen molar-refractivity contribution in [2.75, 3.05) is 0 Å². The van der Waals surface area contributed by atoms with Gasteiger partial charge in [-0.1, -0.05) is 0 Å². The van der Waals surface area contributed by atoms with Gasteiger partial charge in [0.15, 0.2) is 0 Å². The van der Waals surface area contributed by atoms with Crippen LogP contribution in [0.3, 0.4) is 0 Å². The molecule has 140 valence electrons. The number of hydrogen-bond acceptors (Lipinski definition) is 4. The molecule has 0 spiro atoms. The highest BCUT2D eigenvalue weighted by molar-refractivity contribution is 7.92. The molecule has 0 aromatic heterocycles. The fraction of sp³-hybridized carbons (Fsp3) is 0.600. The highest BCUT2D eigenvalue weighted by Crippen LogP contribution is 2.50. The van der Waals surface area contributed by atoms with Crippen molar-refractivity contribution >= 4 is 9.84 Å². The van der Waals surface area contributed by atoms with Crippen molar-refractivity contribution in [3.63, 3.8) is 0 Å². The van der Waals surface area contributed by atoms with Crippen LogP contribution in [0.5, 0.6) is 5.75 Å². The summed E-state index contributed by atoms with van der Waals surface area (Å²) in [5, 5.41) is 9.77. The van der Waals surface area contributed by atoms with E-state index in [2.05, 4.69) is 0 Å². The second-order valence-electron chi connectivity index (χ2n) is 6.27. The van der Waals surface area contributed by atoms with E-state index in [4.69, 9.17) is 4.74 Å². The van der Waals surface area contributed by atoms with E-state index in [1.165, 1.54) is 0 Å². The third kappa shape index (κ3) is 2.99. The van der Waals surface area contributed by atoms with Crippen molar-refractivity contribution in [3.8, 4) is 5.75 Å². The summed E-state index contributed by atoms with van der Waals surface area (Å²) in [5.74, 6) is -3.87. The van der Waals surface area contributed by atoms with E-state index in [-0.39, 0.29) is 17.4 Å². The lowest BCUT2D eigenvalue weighted by Gasteiger charge is -2.19. The smallest absolute Gasteiger partial charge is 0.490 e. The second kappa shape index (κ2) is 5.80. The molecule has 2 aliphatic rings. The molecular formula is C15H15F5O4S. The zero-order valence-corrected chi connectivity index (χ0v) is 13.6. The van der Waals surface area contributed by atoms with Crippen molar-refractivity contribution in [2.45, 2.75) is 60.6 Å². The Hall–Kier alpha value is -1.42. The van der Waals surface area contributed by atoms with E-state index >= 15 is 0 Å². The molecule has 1 saturated carbocycles. The van der Waals surface area contributed by atoms with Crippen LogP contribution in [0.4, 0.5) is 22.0 Å². The van der Waals surface area contributed by atoms with Crippen LogP contribution in [0, 0.1) is 0 Å². The summed E-state index contributed by atoms with van der Waals surface area (Å²) in [6.07, 6.45) is -0.861. The zero-order chi connectivity index (χ0) is 18.6. The van der Waals surface area contributed by atoms with Gasteiger partial charge in [-0.3, -0.25) is 0 Å². The van der Waals surface area contributed by atoms with Gasteiger partial charge in [0.05, 0.1) is 11.0 Å². The second-order valence-corrected chi connectivity index (χ2v) is 8.18. The van der Waals surface area contributed by atoms with Gasteiger partial charge in [-0.2, -0.15) is 13.2 Å². The molecule has 0 heterocycles. The van der Waals surface area contributed by atoms with Crippen molar-refractivity contribution in [1.82, 2.24) is 0 Å². The van der Waals surface area contributed by atoms with E-state index in [9.17, 15) is 35.5 Å². The van der Waals surface area contributed by atoms with E-state index in [1.807, 2.05) is 0 Å². The Morgan fingerprint density at radius 3 is 2.32 bits per heavy atom. The van der Waals surface area contributed by atoms with Crippen LogP contribution in [-0.2, 0) is 16.3 Å². The van der Waals surface area contributed by atoms with Gasteiger partial charge in [-0.05, 0) is 37.8 Å². The lowest BCUT2D eigenvalue weighted by molar-refractivity contribution is -0.0978. The quantitative estimate of drug-likeness (QED) is 0.808. The molecule has 1 fully saturated rings. The molecule has 3 rings (SSSR count). The van der Waals surface area contributed by atoms with Gasteiger partial charge in [0.1, 0.15) is 11.9 Å². The lowest BCUT2D eigenvalue weighted by Crippen LogP contribution is -2.26. The highest BCUT2D eigenvalue weighted by atomic mass is 32.2. The summed E-state index contributed by atoms with van der Waals surface area (Å²) in [6.45, 7) is 0. The zero-order valence-electron chi connectivity index (χ0n) is 12.8. The standard InChI is InChI=1S/C15H15F5O4S/c16-14(17)7-9-10(24-8-3-1-2-4-8)5-6-11(12(9)13(14)21)25(22,23)15(18,19)20/h5-6,8,13,21H,1-4,7H2. The molecule has 4 nitrogen and oxygen atoms in total. The molecule has 10 heteroatoms. The van der Waals surface area contributed by atoms with Crippen molar-refractivity contribution in [3.05, 3.63) is 23.3 Å². The average Bonchev–Trinajstić information content (AvgIpc) is 3.06. The molecular weight excluding hydrogens is 371 g/mol. The van der Waals surface area contributed by atoms with E-state index in [1.54, 1.807) is 0 Å². The SMILES string of the molecule is O=S(=O)(c1ccc(OC2CCCC2)c2c1C(O)C(F)(F)C2)C(F)(F)F. The Bertz CT molecular complexity index is 782. The normalized spacial score (nSPS) is 23.7. The number of aliphatic hydroxyl groups excluding tert-OH is 1. The van der Waals surface area contributed by atoms with Crippen molar-refractivity contribution in [2.24, 2.45) is 0 Å². The first kappa shape index (κ1) is 18.4. The lowest BCUT2D eigenvalue weighted by atomic mass is 10.1. The molecule has 0 aliphatic heterocycles. The van der Waals surface area contributed by atoms with Gasteiger partial charge < -0.3 is 9.84 Å². The number of aliphatic hydroxyl groups is 1. The third-order valence-electron chi connectivity index (χ3n) is 4.55. The number of hydrogen-bond donors (Lipinski definition) is 1. The fourth-order valence-corrected chi connectivity index (χ4v) is 4.32. The van der Waals surface area contributed by atoms with Gasteiger partial charge in [-0.25, -0.2) is 17.2 Å². The summed E-state index contributed by atoms with van der Waals surface area (Å²) in [4.78, 5) is -1.35. The highest BCUT2D eigenvalue weighted by Gasteiger charge is 2.55. The number of rotatable bonds is 3. The number of sulfone groups is 1. The Morgan fingerprint density at radius 1 is 1.16 bits per heavy atom. The summed E-state index contributed by atoms with van der Waals surface area (Å²) >= 11 is 0. The molecule has 0 bridgehead atoms. The molecule has 0 radical (unpaired) electrons. The number of benzene rings is 1. The van der Waals surface area contributed by atoms with E-state index in [0.717, 1.165) is 18.9 Å². The predicted molar refractivity (Wildman–Crippen MR) is 76.2 cm³/mol. The maximum Gasteiger partial charge on any atom is 0.501 e. The minimum atomic E-state index is -5.88. The summed E-state index contributed by atoms with van der Waals surface area (Å²) in [7, 11) is -5.88. The minimum absolute atomic E-state index is 0.0979. The monoisotopic (exact) mass is 386 g/mol. The largest absolute Gasteiger partial charge is 0.501 e. The van der Waals surface area contributed by atoms with Crippen LogP contribution >= 0.6 is 0 Å². The Kier molecular flexibility index (Phi) is 4.26. The number of fused-ring (bicyclic) bond motifs is 1. The van der Waals surface area contributed by atoms with Gasteiger partial charge in [0, 0.05) is 17.5 Å². The molecule has 1 aromatic carbocycles. The third-order valence-corrected chi connectivity index (χ3v) is 6.09. The van der Waals surface area contributed by atoms with Crippen LogP contribution in [0.2, 0.25) is 0 Å². The van der Waals surface area contributed by atoms with Crippen LogP contribution < -0.4 is 4.74 Å². The topological polar surface area (TPSA) is 63.6 Å². The minimum Gasteiger partial charge on any atom is -0.490 e. The van der Waals surface area contributed by atoms with Gasteiger partial charge >= 0.3 is 5.51 Å². The van der Waals surface area contributed by atoms with Crippen LogP contribution in [-0.4, -0.2) is 31.1 Å². The first-order chi connectivity index (χ1) is 11.4. The molecule has 2 aliphatic carbocycles. The summed E-state index contributed by atoms with van der Waals surface area (Å²) in [6, 6.07) is 1.54. The molecule has 1 unspecified atom stereocenters. The molecule has 0 saturated heterocycles. The van der Waals surface area contributed by atoms with Crippen molar-refractivity contribution < 1.29 is 40.2 Å². The van der Waals surface area contributed by atoms with Crippen molar-refractivity contribution in [1.29, 1.82) is 0 Å². The van der Waals surface area contributed by atoms with Crippen LogP contribution in [0.1, 0.15) is 42.9 Å². The van der Waals surface area contributed by atoms with Gasteiger partial charge in [0.2, 0.25) is 0 Å². The Labute approximate surface area is 140 Å². The molecule has 0 amide bonds. The maximum atomic E-state index is 13.9. The predicted octanol–water partition coefficient (Wildman–Crippen LogP) is 3.53. The van der Waals surface area contributed by atoms with Crippen LogP contribution in [0.25, 0.3) is 0 Å². The number of halogens is 5. The number of alkyl halides is 5. The fourth-order valence-electron chi connectivity index (χ4n) is 3.30. The first-order valence-corrected chi connectivity index (χ1v) is 9.13. The Morgan fingerprint density at radius 2 is 1.76 bits per heavy atom. The summed E-state index contributed by atoms with van der Waals surface area (Å²) < 4.78 is 95.4. The summed E-state index contributed by atoms with van der Waals surface area (Å²) in [5.41, 5.74) is -6.96. The molecule has 25 heavy (non-hydrogen) atoms.